The summed E-state index contributed by atoms with van der Waals surface area (Å²) >= 11 is 0. The van der Waals surface area contributed by atoms with Gasteiger partial charge in [0.05, 0.1) is 0 Å². The molecule has 3 heteroatoms. The Morgan fingerprint density at radius 2 is 1.62 bits per heavy atom. The number of hydrogen-bond donors (Lipinski definition) is 2. The van der Waals surface area contributed by atoms with E-state index in [9.17, 15) is 0 Å². The summed E-state index contributed by atoms with van der Waals surface area (Å²) in [5, 5.41) is 0. The normalized spacial score (nSPS) is 13.1. The second-order valence-electron chi connectivity index (χ2n) is 5.06. The molecule has 16 heavy (non-hydrogen) atoms. The lowest BCUT2D eigenvalue weighted by Crippen LogP contribution is -2.16. The lowest BCUT2D eigenvalue weighted by molar-refractivity contribution is 0.588. The van der Waals surface area contributed by atoms with E-state index >= 15 is 0 Å². The van der Waals surface area contributed by atoms with Gasteiger partial charge in [-0.2, -0.15) is 0 Å². The molecule has 1 aromatic carbocycles. The van der Waals surface area contributed by atoms with Gasteiger partial charge in [0.15, 0.2) is 0 Å². The van der Waals surface area contributed by atoms with E-state index < -0.39 is 0 Å². The Balaban J connectivity index is 0.00000225. The minimum atomic E-state index is 0. The largest absolute Gasteiger partial charge is 0.330 e. The molecule has 0 spiro atoms. The zero-order valence-corrected chi connectivity index (χ0v) is 11.2. The fraction of sp³-hybridized carbons (Fsp3) is 0.538. The van der Waals surface area contributed by atoms with Crippen LogP contribution >= 0.6 is 12.4 Å². The van der Waals surface area contributed by atoms with Crippen molar-refractivity contribution >= 4 is 12.4 Å². The van der Waals surface area contributed by atoms with Crippen LogP contribution in [0.25, 0.3) is 0 Å². The molecule has 92 valence electrons. The van der Waals surface area contributed by atoms with Crippen LogP contribution in [0.3, 0.4) is 0 Å². The molecule has 0 aliphatic heterocycles. The van der Waals surface area contributed by atoms with Crippen molar-refractivity contribution in [1.82, 2.24) is 0 Å². The smallest absolute Gasteiger partial charge is 0.0306 e. The Morgan fingerprint density at radius 1 is 1.12 bits per heavy atom. The molecule has 1 aromatic rings. The zero-order valence-electron chi connectivity index (χ0n) is 10.4. The lowest BCUT2D eigenvalue weighted by Gasteiger charge is -2.20. The third kappa shape index (κ3) is 4.12. The Bertz CT molecular complexity index is 301. The molecule has 0 aromatic heterocycles. The fourth-order valence-corrected chi connectivity index (χ4v) is 1.58. The molecular formula is C13H23ClN2. The lowest BCUT2D eigenvalue weighted by atomic mass is 9.86. The van der Waals surface area contributed by atoms with Gasteiger partial charge in [0.2, 0.25) is 0 Å². The van der Waals surface area contributed by atoms with Gasteiger partial charge in [0.1, 0.15) is 0 Å². The number of nitrogens with two attached hydrogens (primary N) is 2. The van der Waals surface area contributed by atoms with E-state index in [1.54, 1.807) is 0 Å². The van der Waals surface area contributed by atoms with E-state index in [4.69, 9.17) is 11.5 Å². The number of halogens is 1. The van der Waals surface area contributed by atoms with Crippen molar-refractivity contribution in [1.29, 1.82) is 0 Å². The van der Waals surface area contributed by atoms with Crippen molar-refractivity contribution in [3.8, 4) is 0 Å². The summed E-state index contributed by atoms with van der Waals surface area (Å²) in [5.74, 6) is 0. The van der Waals surface area contributed by atoms with E-state index in [0.717, 1.165) is 6.42 Å². The average molecular weight is 243 g/mol. The fourth-order valence-electron chi connectivity index (χ4n) is 1.58. The second-order valence-corrected chi connectivity index (χ2v) is 5.06. The summed E-state index contributed by atoms with van der Waals surface area (Å²) in [7, 11) is 0. The molecule has 0 aliphatic carbocycles. The van der Waals surface area contributed by atoms with E-state index in [2.05, 4.69) is 45.0 Å². The van der Waals surface area contributed by atoms with E-state index in [1.165, 1.54) is 11.1 Å². The Hall–Kier alpha value is -0.570. The first-order valence-corrected chi connectivity index (χ1v) is 5.51. The predicted molar refractivity (Wildman–Crippen MR) is 73.0 cm³/mol. The summed E-state index contributed by atoms with van der Waals surface area (Å²) in [6.45, 7) is 7.27. The molecule has 0 amide bonds. The van der Waals surface area contributed by atoms with Crippen LogP contribution < -0.4 is 11.5 Å². The van der Waals surface area contributed by atoms with Gasteiger partial charge in [0.25, 0.3) is 0 Å². The van der Waals surface area contributed by atoms with Crippen LogP contribution in [0.2, 0.25) is 0 Å². The first-order chi connectivity index (χ1) is 6.95. The summed E-state index contributed by atoms with van der Waals surface area (Å²) in [4.78, 5) is 0. The van der Waals surface area contributed by atoms with Crippen molar-refractivity contribution in [3.05, 3.63) is 35.4 Å². The summed E-state index contributed by atoms with van der Waals surface area (Å²) in [5.41, 5.74) is 14.2. The highest BCUT2D eigenvalue weighted by Gasteiger charge is 2.13. The van der Waals surface area contributed by atoms with Crippen LogP contribution in [0.1, 0.15) is 44.4 Å². The maximum absolute atomic E-state index is 5.98. The molecule has 0 aliphatic rings. The monoisotopic (exact) mass is 242 g/mol. The summed E-state index contributed by atoms with van der Waals surface area (Å²) in [6, 6.07) is 8.61. The first kappa shape index (κ1) is 15.4. The molecule has 0 fully saturated rings. The molecule has 2 nitrogen and oxygen atoms in total. The standard InChI is InChI=1S/C13H22N2.ClH/c1-13(2,3)11-6-4-10(5-7-11)12(15)8-9-14;/h4-7,12H,8-9,14-15H2,1-3H3;1H/t12-;/m1./s1. The van der Waals surface area contributed by atoms with Crippen molar-refractivity contribution < 1.29 is 0 Å². The van der Waals surface area contributed by atoms with Gasteiger partial charge in [-0.25, -0.2) is 0 Å². The molecule has 1 rings (SSSR count). The van der Waals surface area contributed by atoms with Crippen LogP contribution in [0.15, 0.2) is 24.3 Å². The second kappa shape index (κ2) is 6.24. The molecule has 4 N–H and O–H groups in total. The predicted octanol–water partition coefficient (Wildman–Crippen LogP) is 2.75. The molecule has 0 unspecified atom stereocenters. The Morgan fingerprint density at radius 3 is 2.00 bits per heavy atom. The van der Waals surface area contributed by atoms with Crippen molar-refractivity contribution in [3.63, 3.8) is 0 Å². The molecule has 0 heterocycles. The average Bonchev–Trinajstić information content (AvgIpc) is 2.17. The molecule has 0 radical (unpaired) electrons. The number of hydrogen-bond acceptors (Lipinski definition) is 2. The van der Waals surface area contributed by atoms with Crippen molar-refractivity contribution in [2.24, 2.45) is 11.5 Å². The quantitative estimate of drug-likeness (QED) is 0.857. The third-order valence-corrected chi connectivity index (χ3v) is 2.68. The molecule has 0 bridgehead atoms. The summed E-state index contributed by atoms with van der Waals surface area (Å²) in [6.07, 6.45) is 0.842. The summed E-state index contributed by atoms with van der Waals surface area (Å²) < 4.78 is 0. The minimum absolute atomic E-state index is 0. The van der Waals surface area contributed by atoms with E-state index in [-0.39, 0.29) is 23.9 Å². The third-order valence-electron chi connectivity index (χ3n) is 2.68. The van der Waals surface area contributed by atoms with Gasteiger partial charge in [-0.05, 0) is 29.5 Å². The van der Waals surface area contributed by atoms with Crippen LogP contribution in [0.5, 0.6) is 0 Å². The van der Waals surface area contributed by atoms with Crippen molar-refractivity contribution in [2.45, 2.75) is 38.6 Å². The number of rotatable bonds is 3. The molecule has 1 atom stereocenters. The van der Waals surface area contributed by atoms with Crippen LogP contribution in [-0.2, 0) is 5.41 Å². The van der Waals surface area contributed by atoms with E-state index in [0.29, 0.717) is 6.54 Å². The Kier molecular flexibility index (Phi) is 6.01. The zero-order chi connectivity index (χ0) is 11.5. The highest BCUT2D eigenvalue weighted by molar-refractivity contribution is 5.85. The van der Waals surface area contributed by atoms with Crippen molar-refractivity contribution in [2.75, 3.05) is 6.54 Å². The topological polar surface area (TPSA) is 52.0 Å². The highest BCUT2D eigenvalue weighted by atomic mass is 35.5. The van der Waals surface area contributed by atoms with Crippen LogP contribution in [-0.4, -0.2) is 6.54 Å². The highest BCUT2D eigenvalue weighted by Crippen LogP contribution is 2.23. The van der Waals surface area contributed by atoms with Gasteiger partial charge in [-0.3, -0.25) is 0 Å². The van der Waals surface area contributed by atoms with E-state index in [1.807, 2.05) is 0 Å². The van der Waals surface area contributed by atoms with Gasteiger partial charge in [0, 0.05) is 6.04 Å². The maximum Gasteiger partial charge on any atom is 0.0306 e. The van der Waals surface area contributed by atoms with Gasteiger partial charge >= 0.3 is 0 Å². The first-order valence-electron chi connectivity index (χ1n) is 5.51. The SMILES string of the molecule is CC(C)(C)c1ccc([C@H](N)CCN)cc1.Cl. The Labute approximate surface area is 105 Å². The van der Waals surface area contributed by atoms with Gasteiger partial charge in [-0.1, -0.05) is 45.0 Å². The van der Waals surface area contributed by atoms with Gasteiger partial charge in [-0.15, -0.1) is 12.4 Å². The maximum atomic E-state index is 5.98. The van der Waals surface area contributed by atoms with Crippen LogP contribution in [0, 0.1) is 0 Å². The molecule has 0 saturated carbocycles. The minimum Gasteiger partial charge on any atom is -0.330 e. The molecule has 0 saturated heterocycles. The molecular weight excluding hydrogens is 220 g/mol. The van der Waals surface area contributed by atoms with Crippen LogP contribution in [0.4, 0.5) is 0 Å². The number of benzene rings is 1. The van der Waals surface area contributed by atoms with Gasteiger partial charge < -0.3 is 11.5 Å².